The number of carbonyl (C=O) groups excluding carboxylic acids is 4. The molecule has 1 aliphatic rings. The maximum absolute atomic E-state index is 12.3. The van der Waals surface area contributed by atoms with Crippen LogP contribution in [0.3, 0.4) is 0 Å². The number of thioether (sulfide) groups is 1. The van der Waals surface area contributed by atoms with Crippen molar-refractivity contribution in [1.82, 2.24) is 15.8 Å². The van der Waals surface area contributed by atoms with Gasteiger partial charge in [-0.3, -0.25) is 19.2 Å². The highest BCUT2D eigenvalue weighted by molar-refractivity contribution is 8.04. The number of allylic oxidation sites excluding steroid dienone is 2. The largest absolute Gasteiger partial charge is 0.358 e. The average Bonchev–Trinajstić information content (AvgIpc) is 2.93. The van der Waals surface area contributed by atoms with Gasteiger partial charge in [-0.25, -0.2) is 0 Å². The van der Waals surface area contributed by atoms with E-state index in [1.165, 1.54) is 14.1 Å². The number of hydrogen-bond acceptors (Lipinski definition) is 7. The van der Waals surface area contributed by atoms with Crippen LogP contribution in [0, 0.1) is 0 Å². The summed E-state index contributed by atoms with van der Waals surface area (Å²) in [5, 5.41) is 8.18. The molecule has 1 aromatic heterocycles. The molecule has 1 heterocycles. The summed E-state index contributed by atoms with van der Waals surface area (Å²) in [7, 11) is 2.84. The summed E-state index contributed by atoms with van der Waals surface area (Å²) in [5.74, 6) is -2.31. The summed E-state index contributed by atoms with van der Waals surface area (Å²) in [4.78, 5) is 47.1. The third-order valence-electron chi connectivity index (χ3n) is 2.71. The summed E-state index contributed by atoms with van der Waals surface area (Å²) in [5.41, 5.74) is -0.404. The van der Waals surface area contributed by atoms with Gasteiger partial charge in [0.05, 0.1) is 10.7 Å². The Morgan fingerprint density at radius 1 is 1.29 bits per heavy atom. The van der Waals surface area contributed by atoms with Crippen LogP contribution in [0.25, 0.3) is 0 Å². The van der Waals surface area contributed by atoms with Crippen molar-refractivity contribution >= 4 is 35.1 Å². The minimum absolute atomic E-state index is 0.0166. The van der Waals surface area contributed by atoms with Crippen molar-refractivity contribution in [2.75, 3.05) is 19.8 Å². The Hall–Kier alpha value is -2.42. The normalized spacial score (nSPS) is 13.5. The lowest BCUT2D eigenvalue weighted by molar-refractivity contribution is -0.118. The fourth-order valence-corrected chi connectivity index (χ4v) is 2.49. The maximum Gasteiger partial charge on any atom is 0.274 e. The number of nitrogens with zero attached hydrogens (tertiary/aromatic N) is 1. The first kappa shape index (κ1) is 15.0. The fraction of sp³-hybridized carbons (Fsp3) is 0.250. The Bertz CT molecular complexity index is 676. The topological polar surface area (TPSA) is 118 Å². The van der Waals surface area contributed by atoms with Gasteiger partial charge in [-0.05, 0) is 0 Å². The number of fused-ring (bicyclic) bond motifs is 1. The van der Waals surface area contributed by atoms with Gasteiger partial charge in [0.25, 0.3) is 5.91 Å². The number of aromatic nitrogens is 1. The summed E-state index contributed by atoms with van der Waals surface area (Å²) >= 11 is 0.914. The van der Waals surface area contributed by atoms with Crippen molar-refractivity contribution in [3.63, 3.8) is 0 Å². The minimum atomic E-state index is -0.626. The minimum Gasteiger partial charge on any atom is -0.358 e. The van der Waals surface area contributed by atoms with Crippen LogP contribution in [0.1, 0.15) is 31.4 Å². The second kappa shape index (κ2) is 5.92. The van der Waals surface area contributed by atoms with Crippen LogP contribution in [0.4, 0.5) is 0 Å². The molecule has 0 spiro atoms. The first-order valence-corrected chi connectivity index (χ1v) is 6.84. The third-order valence-corrected chi connectivity index (χ3v) is 3.73. The van der Waals surface area contributed by atoms with E-state index in [1.807, 2.05) is 0 Å². The number of hydrogen-bond donors (Lipinski definition) is 2. The number of nitrogens with one attached hydrogen (secondary N) is 2. The molecule has 21 heavy (non-hydrogen) atoms. The van der Waals surface area contributed by atoms with Crippen molar-refractivity contribution in [1.29, 1.82) is 0 Å². The van der Waals surface area contributed by atoms with Gasteiger partial charge in [-0.15, -0.1) is 11.8 Å². The van der Waals surface area contributed by atoms with Gasteiger partial charge in [0.15, 0.2) is 5.69 Å². The van der Waals surface area contributed by atoms with Crippen molar-refractivity contribution in [3.05, 3.63) is 28.0 Å². The van der Waals surface area contributed by atoms with Crippen LogP contribution in [-0.4, -0.2) is 48.4 Å². The lowest BCUT2D eigenvalue weighted by atomic mass is 10.00. The monoisotopic (exact) mass is 309 g/mol. The molecule has 0 saturated heterocycles. The van der Waals surface area contributed by atoms with Crippen molar-refractivity contribution in [2.24, 2.45) is 0 Å². The molecule has 0 radical (unpaired) electrons. The molecule has 1 aromatic rings. The number of ketones is 2. The SMILES string of the molecule is CNC(=O)CSC1=CC(=O)c2onc(C(=O)NC)c2C1=O. The van der Waals surface area contributed by atoms with Crippen molar-refractivity contribution in [2.45, 2.75) is 0 Å². The Morgan fingerprint density at radius 3 is 2.62 bits per heavy atom. The number of amides is 2. The van der Waals surface area contributed by atoms with E-state index < -0.39 is 17.5 Å². The molecule has 8 nitrogen and oxygen atoms in total. The molecule has 0 bridgehead atoms. The number of rotatable bonds is 4. The molecule has 110 valence electrons. The van der Waals surface area contributed by atoms with Crippen LogP contribution in [0.5, 0.6) is 0 Å². The van der Waals surface area contributed by atoms with Crippen LogP contribution >= 0.6 is 11.8 Å². The van der Waals surface area contributed by atoms with Crippen molar-refractivity contribution < 1.29 is 23.7 Å². The van der Waals surface area contributed by atoms with Crippen LogP contribution in [0.15, 0.2) is 15.5 Å². The molecule has 0 aromatic carbocycles. The molecule has 0 saturated carbocycles. The summed E-state index contributed by atoms with van der Waals surface area (Å²) < 4.78 is 4.77. The Kier molecular flexibility index (Phi) is 4.22. The van der Waals surface area contributed by atoms with Gasteiger partial charge in [-0.1, -0.05) is 5.16 Å². The molecule has 0 unspecified atom stereocenters. The molecule has 2 rings (SSSR count). The molecule has 0 aliphatic heterocycles. The average molecular weight is 309 g/mol. The molecular weight excluding hydrogens is 298 g/mol. The van der Waals surface area contributed by atoms with E-state index in [2.05, 4.69) is 15.8 Å². The summed E-state index contributed by atoms with van der Waals surface area (Å²) in [6, 6.07) is 0. The lowest BCUT2D eigenvalue weighted by Gasteiger charge is -2.10. The first-order valence-electron chi connectivity index (χ1n) is 5.85. The predicted octanol–water partition coefficient (Wildman–Crippen LogP) is -0.224. The van der Waals surface area contributed by atoms with E-state index in [1.54, 1.807) is 0 Å². The molecule has 2 amide bonds. The van der Waals surface area contributed by atoms with Crippen LogP contribution in [0.2, 0.25) is 0 Å². The van der Waals surface area contributed by atoms with E-state index in [4.69, 9.17) is 4.52 Å². The van der Waals surface area contributed by atoms with Crippen LogP contribution < -0.4 is 10.6 Å². The third kappa shape index (κ3) is 2.72. The zero-order valence-corrected chi connectivity index (χ0v) is 12.0. The van der Waals surface area contributed by atoms with Gasteiger partial charge in [0.1, 0.15) is 5.56 Å². The Morgan fingerprint density at radius 2 is 2.00 bits per heavy atom. The standard InChI is InChI=1S/C12H11N3O5S/c1-13-7(17)4-21-6-3-5(16)11-8(10(6)18)9(15-20-11)12(19)14-2/h3H,4H2,1-2H3,(H,13,17)(H,14,19). The second-order valence-corrected chi connectivity index (χ2v) is 5.00. The van der Waals surface area contributed by atoms with E-state index in [9.17, 15) is 19.2 Å². The maximum atomic E-state index is 12.3. The smallest absolute Gasteiger partial charge is 0.274 e. The van der Waals surface area contributed by atoms with E-state index in [0.29, 0.717) is 0 Å². The van der Waals surface area contributed by atoms with E-state index in [0.717, 1.165) is 17.8 Å². The second-order valence-electron chi connectivity index (χ2n) is 3.98. The summed E-state index contributed by atoms with van der Waals surface area (Å²) in [6.45, 7) is 0. The lowest BCUT2D eigenvalue weighted by Crippen LogP contribution is -2.24. The first-order chi connectivity index (χ1) is 9.99. The zero-order chi connectivity index (χ0) is 15.6. The number of carbonyl (C=O) groups is 4. The van der Waals surface area contributed by atoms with Gasteiger partial charge in [0, 0.05) is 20.2 Å². The molecule has 2 N–H and O–H groups in total. The number of Topliss-reactive ketones (excluding diaryl/α,β-unsaturated/α-hetero) is 1. The Balaban J connectivity index is 2.33. The summed E-state index contributed by atoms with van der Waals surface area (Å²) in [6.07, 6.45) is 1.08. The predicted molar refractivity (Wildman–Crippen MR) is 73.2 cm³/mol. The van der Waals surface area contributed by atoms with Gasteiger partial charge < -0.3 is 15.2 Å². The highest BCUT2D eigenvalue weighted by Gasteiger charge is 2.35. The highest BCUT2D eigenvalue weighted by Crippen LogP contribution is 2.30. The molecule has 0 atom stereocenters. The fourth-order valence-electron chi connectivity index (χ4n) is 1.64. The van der Waals surface area contributed by atoms with E-state index in [-0.39, 0.29) is 33.6 Å². The van der Waals surface area contributed by atoms with E-state index >= 15 is 0 Å². The van der Waals surface area contributed by atoms with Gasteiger partial charge >= 0.3 is 0 Å². The zero-order valence-electron chi connectivity index (χ0n) is 11.2. The van der Waals surface area contributed by atoms with Gasteiger partial charge in [0.2, 0.25) is 23.2 Å². The molecule has 1 aliphatic carbocycles. The molecular formula is C12H11N3O5S. The quantitative estimate of drug-likeness (QED) is 0.789. The molecule has 0 fully saturated rings. The Labute approximate surface area is 123 Å². The highest BCUT2D eigenvalue weighted by atomic mass is 32.2. The molecule has 9 heteroatoms. The van der Waals surface area contributed by atoms with Crippen molar-refractivity contribution in [3.8, 4) is 0 Å². The van der Waals surface area contributed by atoms with Gasteiger partial charge in [-0.2, -0.15) is 0 Å². The van der Waals surface area contributed by atoms with Crippen LogP contribution in [-0.2, 0) is 4.79 Å².